The fourth-order valence-electron chi connectivity index (χ4n) is 1.39. The molecule has 94 valence electrons. The van der Waals surface area contributed by atoms with Crippen LogP contribution in [0.2, 0.25) is 0 Å². The molecule has 1 aromatic rings. The van der Waals surface area contributed by atoms with Crippen LogP contribution in [0.4, 0.5) is 8.78 Å². The van der Waals surface area contributed by atoms with Gasteiger partial charge < -0.3 is 9.47 Å². The molecule has 4 nitrogen and oxygen atoms in total. The zero-order valence-corrected chi connectivity index (χ0v) is 9.79. The molecule has 0 saturated carbocycles. The summed E-state index contributed by atoms with van der Waals surface area (Å²) >= 11 is 0. The number of pyridine rings is 1. The maximum atomic E-state index is 12.7. The number of ether oxygens (including phenoxy) is 2. The number of nitrogens with zero attached hydrogens (tertiary/aromatic N) is 1. The molecule has 0 aliphatic rings. The van der Waals surface area contributed by atoms with Crippen molar-refractivity contribution in [3.8, 4) is 5.75 Å². The topological polar surface area (TPSA) is 48.4 Å². The fourth-order valence-corrected chi connectivity index (χ4v) is 1.39. The fraction of sp³-hybridized carbons (Fsp3) is 0.455. The van der Waals surface area contributed by atoms with Gasteiger partial charge in [0.1, 0.15) is 11.4 Å². The molecule has 0 aliphatic heterocycles. The maximum Gasteiger partial charge on any atom is 0.311 e. The largest absolute Gasteiger partial charge is 0.496 e. The van der Waals surface area contributed by atoms with Crippen molar-refractivity contribution in [3.63, 3.8) is 0 Å². The molecule has 0 saturated heterocycles. The number of rotatable bonds is 4. The van der Waals surface area contributed by atoms with E-state index in [-0.39, 0.29) is 29.1 Å². The summed E-state index contributed by atoms with van der Waals surface area (Å²) < 4.78 is 34.8. The predicted octanol–water partition coefficient (Wildman–Crippen LogP) is 2.05. The summed E-state index contributed by atoms with van der Waals surface area (Å²) in [6.07, 6.45) is -2.87. The van der Waals surface area contributed by atoms with Gasteiger partial charge >= 0.3 is 5.97 Å². The van der Waals surface area contributed by atoms with Crippen LogP contribution in [0.15, 0.2) is 6.07 Å². The van der Waals surface area contributed by atoms with Crippen LogP contribution in [0.25, 0.3) is 0 Å². The molecule has 0 radical (unpaired) electrons. The van der Waals surface area contributed by atoms with Gasteiger partial charge in [-0.25, -0.2) is 8.78 Å². The summed E-state index contributed by atoms with van der Waals surface area (Å²) in [5.74, 6) is -0.252. The van der Waals surface area contributed by atoms with Crippen LogP contribution in [0.5, 0.6) is 5.75 Å². The zero-order chi connectivity index (χ0) is 13.0. The van der Waals surface area contributed by atoms with Crippen molar-refractivity contribution in [1.82, 2.24) is 4.98 Å². The number of alkyl halides is 2. The molecule has 0 fully saturated rings. The number of halogens is 2. The molecule has 1 aromatic heterocycles. The first kappa shape index (κ1) is 13.3. The Kier molecular flexibility index (Phi) is 4.37. The Morgan fingerprint density at radius 3 is 2.59 bits per heavy atom. The second kappa shape index (κ2) is 5.56. The Hall–Kier alpha value is -1.72. The van der Waals surface area contributed by atoms with E-state index in [4.69, 9.17) is 4.74 Å². The lowest BCUT2D eigenvalue weighted by Gasteiger charge is -2.11. The van der Waals surface area contributed by atoms with Gasteiger partial charge in [-0.2, -0.15) is 0 Å². The Bertz CT molecular complexity index is 421. The lowest BCUT2D eigenvalue weighted by Crippen LogP contribution is -2.09. The molecule has 0 amide bonds. The highest BCUT2D eigenvalue weighted by Gasteiger charge is 2.18. The van der Waals surface area contributed by atoms with E-state index in [1.54, 1.807) is 0 Å². The van der Waals surface area contributed by atoms with Crippen molar-refractivity contribution in [3.05, 3.63) is 23.0 Å². The number of carbonyl (C=O) groups is 1. The molecule has 0 aliphatic carbocycles. The third-order valence-corrected chi connectivity index (χ3v) is 2.30. The minimum absolute atomic E-state index is 0.160. The van der Waals surface area contributed by atoms with Crippen molar-refractivity contribution in [2.24, 2.45) is 0 Å². The van der Waals surface area contributed by atoms with Gasteiger partial charge in [0, 0.05) is 11.6 Å². The monoisotopic (exact) mass is 245 g/mol. The minimum atomic E-state index is -2.71. The van der Waals surface area contributed by atoms with Crippen molar-refractivity contribution in [1.29, 1.82) is 0 Å². The molecule has 0 atom stereocenters. The highest BCUT2D eigenvalue weighted by atomic mass is 19.3. The first-order valence-electron chi connectivity index (χ1n) is 4.89. The summed E-state index contributed by atoms with van der Waals surface area (Å²) in [6, 6.07) is 1.46. The van der Waals surface area contributed by atoms with E-state index in [2.05, 4.69) is 9.72 Å². The Morgan fingerprint density at radius 2 is 2.12 bits per heavy atom. The molecular weight excluding hydrogens is 232 g/mol. The van der Waals surface area contributed by atoms with Crippen LogP contribution >= 0.6 is 0 Å². The number of hydrogen-bond donors (Lipinski definition) is 0. The molecule has 0 aromatic carbocycles. The molecule has 0 spiro atoms. The van der Waals surface area contributed by atoms with Gasteiger partial charge in [-0.15, -0.1) is 0 Å². The number of carbonyl (C=O) groups excluding carboxylic acids is 1. The Balaban J connectivity index is 3.15. The van der Waals surface area contributed by atoms with Crippen LogP contribution in [0, 0.1) is 6.92 Å². The van der Waals surface area contributed by atoms with Gasteiger partial charge in [0.05, 0.1) is 26.3 Å². The van der Waals surface area contributed by atoms with E-state index >= 15 is 0 Å². The van der Waals surface area contributed by atoms with Crippen LogP contribution in [0.3, 0.4) is 0 Å². The van der Waals surface area contributed by atoms with Crippen molar-refractivity contribution >= 4 is 5.97 Å². The van der Waals surface area contributed by atoms with Gasteiger partial charge in [-0.3, -0.25) is 9.78 Å². The SMILES string of the molecule is COC(=O)Cc1cc(OC)c(C)c(C(F)F)n1. The standard InChI is InChI=1S/C11H13F2NO3/c1-6-8(16-2)4-7(5-9(15)17-3)14-10(6)11(12)13/h4,11H,5H2,1-3H3. The van der Waals surface area contributed by atoms with E-state index in [1.165, 1.54) is 27.2 Å². The minimum Gasteiger partial charge on any atom is -0.496 e. The van der Waals surface area contributed by atoms with Crippen molar-refractivity contribution in [2.75, 3.05) is 14.2 Å². The number of methoxy groups -OCH3 is 2. The van der Waals surface area contributed by atoms with E-state index < -0.39 is 12.4 Å². The quantitative estimate of drug-likeness (QED) is 0.762. The summed E-state index contributed by atoms with van der Waals surface area (Å²) in [4.78, 5) is 14.8. The molecule has 1 heterocycles. The van der Waals surface area contributed by atoms with E-state index in [9.17, 15) is 13.6 Å². The number of esters is 1. The number of hydrogen-bond acceptors (Lipinski definition) is 4. The lowest BCUT2D eigenvalue weighted by molar-refractivity contribution is -0.139. The third-order valence-electron chi connectivity index (χ3n) is 2.30. The van der Waals surface area contributed by atoms with E-state index in [0.717, 1.165) is 0 Å². The molecule has 0 N–H and O–H groups in total. The Labute approximate surface area is 97.6 Å². The van der Waals surface area contributed by atoms with Gasteiger partial charge in [0.2, 0.25) is 0 Å². The molecule has 0 bridgehead atoms. The van der Waals surface area contributed by atoms with Crippen LogP contribution in [0.1, 0.15) is 23.4 Å². The maximum absolute atomic E-state index is 12.7. The average Bonchev–Trinajstić information content (AvgIpc) is 2.30. The summed E-state index contributed by atoms with van der Waals surface area (Å²) in [5.41, 5.74) is 0.106. The number of aromatic nitrogens is 1. The second-order valence-electron chi connectivity index (χ2n) is 3.38. The molecule has 0 unspecified atom stereocenters. The summed E-state index contributed by atoms with van der Waals surface area (Å²) in [5, 5.41) is 0. The van der Waals surface area contributed by atoms with Crippen LogP contribution in [-0.4, -0.2) is 25.2 Å². The van der Waals surface area contributed by atoms with E-state index in [1.807, 2.05) is 0 Å². The van der Waals surface area contributed by atoms with Gasteiger partial charge in [-0.1, -0.05) is 0 Å². The van der Waals surface area contributed by atoms with Crippen LogP contribution < -0.4 is 4.74 Å². The van der Waals surface area contributed by atoms with Crippen LogP contribution in [-0.2, 0) is 16.0 Å². The molecule has 6 heteroatoms. The van der Waals surface area contributed by atoms with Crippen molar-refractivity contribution < 1.29 is 23.0 Å². The van der Waals surface area contributed by atoms with Gasteiger partial charge in [-0.05, 0) is 6.92 Å². The molecule has 17 heavy (non-hydrogen) atoms. The first-order valence-corrected chi connectivity index (χ1v) is 4.89. The van der Waals surface area contributed by atoms with E-state index in [0.29, 0.717) is 0 Å². The summed E-state index contributed by atoms with van der Waals surface area (Å²) in [7, 11) is 2.60. The molecular formula is C11H13F2NO3. The zero-order valence-electron chi connectivity index (χ0n) is 9.79. The normalized spacial score (nSPS) is 10.5. The summed E-state index contributed by atoms with van der Waals surface area (Å²) in [6.45, 7) is 1.50. The second-order valence-corrected chi connectivity index (χ2v) is 3.38. The van der Waals surface area contributed by atoms with Gasteiger partial charge in [0.25, 0.3) is 6.43 Å². The van der Waals surface area contributed by atoms with Crippen molar-refractivity contribution in [2.45, 2.75) is 19.8 Å². The highest BCUT2D eigenvalue weighted by Crippen LogP contribution is 2.28. The van der Waals surface area contributed by atoms with Gasteiger partial charge in [0.15, 0.2) is 0 Å². The molecule has 1 rings (SSSR count). The predicted molar refractivity (Wildman–Crippen MR) is 56.2 cm³/mol. The first-order chi connectivity index (χ1) is 7.99. The average molecular weight is 245 g/mol. The Morgan fingerprint density at radius 1 is 1.47 bits per heavy atom. The highest BCUT2D eigenvalue weighted by molar-refractivity contribution is 5.72. The lowest BCUT2D eigenvalue weighted by atomic mass is 10.1. The smallest absolute Gasteiger partial charge is 0.311 e. The third kappa shape index (κ3) is 3.12.